The number of benzene rings is 4. The van der Waals surface area contributed by atoms with Gasteiger partial charge in [0, 0.05) is 10.9 Å². The van der Waals surface area contributed by atoms with E-state index in [2.05, 4.69) is 4.74 Å². The molecule has 164 valence electrons. The van der Waals surface area contributed by atoms with E-state index in [1.54, 1.807) is 18.2 Å². The van der Waals surface area contributed by atoms with Gasteiger partial charge in [-0.15, -0.1) is 13.2 Å². The molecule has 0 radical (unpaired) electrons. The summed E-state index contributed by atoms with van der Waals surface area (Å²) >= 11 is 0. The summed E-state index contributed by atoms with van der Waals surface area (Å²) in [4.78, 5) is 0. The van der Waals surface area contributed by atoms with Crippen molar-refractivity contribution in [2.75, 3.05) is 0 Å². The molecule has 0 aliphatic heterocycles. The van der Waals surface area contributed by atoms with Gasteiger partial charge in [-0.3, -0.25) is 0 Å². The molecule has 0 saturated heterocycles. The molecule has 0 saturated carbocycles. The molecule has 32 heavy (non-hydrogen) atoms. The Hall–Kier alpha value is -3.48. The van der Waals surface area contributed by atoms with Gasteiger partial charge in [0.2, 0.25) is 0 Å². The van der Waals surface area contributed by atoms with Crippen LogP contribution in [-0.4, -0.2) is 6.36 Å². The third kappa shape index (κ3) is 4.28. The first-order valence-electron chi connectivity index (χ1n) is 9.73. The minimum absolute atomic E-state index is 0.0137. The van der Waals surface area contributed by atoms with E-state index in [4.69, 9.17) is 0 Å². The quantitative estimate of drug-likeness (QED) is 0.288. The molecule has 0 spiro atoms. The van der Waals surface area contributed by atoms with E-state index >= 15 is 4.39 Å². The summed E-state index contributed by atoms with van der Waals surface area (Å²) in [5.74, 6) is -3.04. The van der Waals surface area contributed by atoms with Gasteiger partial charge in [0.15, 0.2) is 0 Å². The number of ether oxygens (including phenoxy) is 1. The Morgan fingerprint density at radius 1 is 0.750 bits per heavy atom. The average Bonchev–Trinajstić information content (AvgIpc) is 2.73. The summed E-state index contributed by atoms with van der Waals surface area (Å²) in [5.41, 5.74) is 0.686. The van der Waals surface area contributed by atoms with Crippen LogP contribution in [0.5, 0.6) is 5.75 Å². The molecule has 4 aromatic carbocycles. The van der Waals surface area contributed by atoms with Crippen molar-refractivity contribution < 1.29 is 31.1 Å². The lowest BCUT2D eigenvalue weighted by molar-refractivity contribution is -0.274. The summed E-state index contributed by atoms with van der Waals surface area (Å²) in [5, 5.41) is 1.02. The molecule has 0 amide bonds. The molecule has 0 bridgehead atoms. The standard InChI is InChI=1S/C25H16F6O/c1-2-14-3-9-19-16(11-14)6-10-20(24(19)28)17-12-21(26)23(22(27)13-17)15-4-7-18(8-5-15)32-25(29,30)31/h3-13H,2H2,1H3. The molecule has 1 nitrogen and oxygen atoms in total. The number of aryl methyl sites for hydroxylation is 1. The molecule has 0 aliphatic rings. The van der Waals surface area contributed by atoms with Crippen molar-refractivity contribution in [2.45, 2.75) is 19.7 Å². The van der Waals surface area contributed by atoms with Crippen molar-refractivity contribution in [3.05, 3.63) is 89.7 Å². The van der Waals surface area contributed by atoms with Crippen molar-refractivity contribution in [1.82, 2.24) is 0 Å². The molecule has 0 fully saturated rings. The van der Waals surface area contributed by atoms with Crippen LogP contribution in [0.2, 0.25) is 0 Å². The van der Waals surface area contributed by atoms with Crippen molar-refractivity contribution in [3.8, 4) is 28.0 Å². The highest BCUT2D eigenvalue weighted by molar-refractivity contribution is 5.89. The smallest absolute Gasteiger partial charge is 0.406 e. The van der Waals surface area contributed by atoms with Crippen LogP contribution in [0.4, 0.5) is 26.3 Å². The Morgan fingerprint density at radius 2 is 1.41 bits per heavy atom. The van der Waals surface area contributed by atoms with Gasteiger partial charge in [-0.05, 0) is 52.8 Å². The van der Waals surface area contributed by atoms with Crippen LogP contribution in [0.3, 0.4) is 0 Å². The van der Waals surface area contributed by atoms with Crippen molar-refractivity contribution >= 4 is 10.8 Å². The van der Waals surface area contributed by atoms with E-state index in [-0.39, 0.29) is 16.7 Å². The van der Waals surface area contributed by atoms with Crippen molar-refractivity contribution in [1.29, 1.82) is 0 Å². The molecular formula is C25H16F6O. The second kappa shape index (κ2) is 8.22. The van der Waals surface area contributed by atoms with Crippen molar-refractivity contribution in [3.63, 3.8) is 0 Å². The zero-order chi connectivity index (χ0) is 23.0. The molecule has 0 unspecified atom stereocenters. The lowest BCUT2D eigenvalue weighted by Gasteiger charge is -2.12. The number of halogens is 6. The van der Waals surface area contributed by atoms with Gasteiger partial charge in [0.25, 0.3) is 0 Å². The molecule has 4 aromatic rings. The highest BCUT2D eigenvalue weighted by Crippen LogP contribution is 2.35. The zero-order valence-electron chi connectivity index (χ0n) is 16.7. The summed E-state index contributed by atoms with van der Waals surface area (Å²) in [6, 6.07) is 14.6. The summed E-state index contributed by atoms with van der Waals surface area (Å²) in [6.45, 7) is 1.98. The summed E-state index contributed by atoms with van der Waals surface area (Å²) in [7, 11) is 0. The third-order valence-corrected chi connectivity index (χ3v) is 5.16. The van der Waals surface area contributed by atoms with Gasteiger partial charge in [0.05, 0.1) is 5.56 Å². The van der Waals surface area contributed by atoms with Gasteiger partial charge in [-0.1, -0.05) is 49.4 Å². The number of hydrogen-bond donors (Lipinski definition) is 0. The third-order valence-electron chi connectivity index (χ3n) is 5.16. The average molecular weight is 446 g/mol. The maximum absolute atomic E-state index is 15.1. The number of fused-ring (bicyclic) bond motifs is 1. The van der Waals surface area contributed by atoms with E-state index in [9.17, 15) is 22.0 Å². The molecule has 0 atom stereocenters. The zero-order valence-corrected chi connectivity index (χ0v) is 16.7. The molecule has 0 aliphatic carbocycles. The van der Waals surface area contributed by atoms with Gasteiger partial charge in [0.1, 0.15) is 23.2 Å². The van der Waals surface area contributed by atoms with Crippen molar-refractivity contribution in [2.24, 2.45) is 0 Å². The van der Waals surface area contributed by atoms with Crippen LogP contribution in [0.15, 0.2) is 66.7 Å². The van der Waals surface area contributed by atoms with Crippen LogP contribution >= 0.6 is 0 Å². The van der Waals surface area contributed by atoms with E-state index in [0.717, 1.165) is 48.4 Å². The van der Waals surface area contributed by atoms with Gasteiger partial charge in [-0.2, -0.15) is 0 Å². The molecule has 7 heteroatoms. The fourth-order valence-electron chi connectivity index (χ4n) is 3.61. The van der Waals surface area contributed by atoms with Gasteiger partial charge >= 0.3 is 6.36 Å². The molecule has 0 N–H and O–H groups in total. The molecule has 4 rings (SSSR count). The fraction of sp³-hybridized carbons (Fsp3) is 0.120. The van der Waals surface area contributed by atoms with Crippen LogP contribution in [0.25, 0.3) is 33.0 Å². The normalized spacial score (nSPS) is 11.7. The topological polar surface area (TPSA) is 9.23 Å². The second-order valence-corrected chi connectivity index (χ2v) is 7.22. The number of alkyl halides is 3. The van der Waals surface area contributed by atoms with Crippen LogP contribution in [-0.2, 0) is 6.42 Å². The van der Waals surface area contributed by atoms with Gasteiger partial charge < -0.3 is 4.74 Å². The Labute approximate surface area is 179 Å². The SMILES string of the molecule is CCc1ccc2c(F)c(-c3cc(F)c(-c4ccc(OC(F)(F)F)cc4)c(F)c3)ccc2c1. The first-order chi connectivity index (χ1) is 15.2. The Balaban J connectivity index is 1.72. The minimum Gasteiger partial charge on any atom is -0.406 e. The van der Waals surface area contributed by atoms with Crippen LogP contribution in [0.1, 0.15) is 12.5 Å². The van der Waals surface area contributed by atoms with E-state index in [0.29, 0.717) is 10.8 Å². The largest absolute Gasteiger partial charge is 0.573 e. The first kappa shape index (κ1) is 21.7. The lowest BCUT2D eigenvalue weighted by Crippen LogP contribution is -2.16. The van der Waals surface area contributed by atoms with Gasteiger partial charge in [-0.25, -0.2) is 13.2 Å². The Bertz CT molecular complexity index is 1270. The predicted molar refractivity (Wildman–Crippen MR) is 111 cm³/mol. The van der Waals surface area contributed by atoms with E-state index in [1.165, 1.54) is 6.07 Å². The predicted octanol–water partition coefficient (Wildman–Crippen LogP) is 8.05. The highest BCUT2D eigenvalue weighted by atomic mass is 19.4. The monoisotopic (exact) mass is 446 g/mol. The second-order valence-electron chi connectivity index (χ2n) is 7.22. The number of rotatable bonds is 4. The first-order valence-corrected chi connectivity index (χ1v) is 9.73. The maximum Gasteiger partial charge on any atom is 0.573 e. The lowest BCUT2D eigenvalue weighted by atomic mass is 9.96. The molecule has 0 aromatic heterocycles. The molecule has 0 heterocycles. The Morgan fingerprint density at radius 3 is 2.00 bits per heavy atom. The minimum atomic E-state index is -4.87. The van der Waals surface area contributed by atoms with E-state index < -0.39 is 35.1 Å². The number of hydrogen-bond acceptors (Lipinski definition) is 1. The molecular weight excluding hydrogens is 430 g/mol. The summed E-state index contributed by atoms with van der Waals surface area (Å²) in [6.07, 6.45) is -4.08. The Kier molecular flexibility index (Phi) is 5.59. The highest BCUT2D eigenvalue weighted by Gasteiger charge is 2.31. The maximum atomic E-state index is 15.1. The fourth-order valence-corrected chi connectivity index (χ4v) is 3.61. The van der Waals surface area contributed by atoms with Crippen LogP contribution < -0.4 is 4.74 Å². The summed E-state index contributed by atoms with van der Waals surface area (Å²) < 4.78 is 85.4. The van der Waals surface area contributed by atoms with Crippen LogP contribution in [0, 0.1) is 17.5 Å². The van der Waals surface area contributed by atoms with E-state index in [1.807, 2.05) is 13.0 Å².